The molecule has 0 aromatic heterocycles. The number of nitrogens with zero attached hydrogens (tertiary/aromatic N) is 2. The van der Waals surface area contributed by atoms with E-state index < -0.39 is 12.1 Å². The summed E-state index contributed by atoms with van der Waals surface area (Å²) in [7, 11) is 0. The zero-order valence-electron chi connectivity index (χ0n) is 10.4. The van der Waals surface area contributed by atoms with Gasteiger partial charge in [-0.05, 0) is 31.2 Å². The Kier molecular flexibility index (Phi) is 3.66. The Morgan fingerprint density at radius 2 is 2.16 bits per heavy atom. The molecular formula is C13H13N3O3. The Labute approximate surface area is 110 Å². The number of cyclic esters (lactones) is 1. The van der Waals surface area contributed by atoms with Crippen LogP contribution in [0.5, 0.6) is 0 Å². The monoisotopic (exact) mass is 259 g/mol. The molecule has 1 aromatic rings. The van der Waals surface area contributed by atoms with Gasteiger partial charge in [0.05, 0.1) is 18.2 Å². The Morgan fingerprint density at radius 1 is 1.47 bits per heavy atom. The van der Waals surface area contributed by atoms with Crippen LogP contribution in [0.2, 0.25) is 0 Å². The normalized spacial score (nSPS) is 15.6. The van der Waals surface area contributed by atoms with Crippen LogP contribution >= 0.6 is 0 Å². The van der Waals surface area contributed by atoms with E-state index in [1.807, 2.05) is 6.07 Å². The third-order valence-electron chi connectivity index (χ3n) is 2.92. The molecule has 2 rings (SSSR count). The van der Waals surface area contributed by atoms with Gasteiger partial charge in [0.2, 0.25) is 5.91 Å². The van der Waals surface area contributed by atoms with E-state index in [1.54, 1.807) is 31.2 Å². The summed E-state index contributed by atoms with van der Waals surface area (Å²) in [6, 6.07) is 7.93. The molecule has 6 nitrogen and oxygen atoms in total. The topological polar surface area (TPSA) is 82.4 Å². The van der Waals surface area contributed by atoms with Crippen LogP contribution in [0.4, 0.5) is 10.5 Å². The van der Waals surface area contributed by atoms with Crippen molar-refractivity contribution in [1.82, 2.24) is 4.90 Å². The zero-order valence-corrected chi connectivity index (χ0v) is 10.4. The molecule has 19 heavy (non-hydrogen) atoms. The second-order valence-electron chi connectivity index (χ2n) is 4.16. The van der Waals surface area contributed by atoms with Crippen LogP contribution in [-0.2, 0) is 9.53 Å². The van der Waals surface area contributed by atoms with E-state index in [0.717, 1.165) is 0 Å². The molecule has 1 aliphatic rings. The van der Waals surface area contributed by atoms with E-state index in [1.165, 1.54) is 4.90 Å². The largest absolute Gasteiger partial charge is 0.448 e. The lowest BCUT2D eigenvalue weighted by molar-refractivity contribution is -0.119. The van der Waals surface area contributed by atoms with Crippen LogP contribution in [-0.4, -0.2) is 36.1 Å². The van der Waals surface area contributed by atoms with Crippen LogP contribution < -0.4 is 5.32 Å². The maximum absolute atomic E-state index is 12.0. The Hall–Kier alpha value is -2.55. The number of ether oxygens (including phenoxy) is 1. The molecule has 98 valence electrons. The lowest BCUT2D eigenvalue weighted by Crippen LogP contribution is -2.42. The van der Waals surface area contributed by atoms with E-state index in [0.29, 0.717) is 24.4 Å². The number of rotatable bonds is 3. The summed E-state index contributed by atoms with van der Waals surface area (Å²) in [6.07, 6.45) is -0.470. The predicted molar refractivity (Wildman–Crippen MR) is 67.3 cm³/mol. The number of nitriles is 1. The van der Waals surface area contributed by atoms with Gasteiger partial charge in [-0.25, -0.2) is 4.79 Å². The molecule has 1 saturated heterocycles. The summed E-state index contributed by atoms with van der Waals surface area (Å²) in [5.41, 5.74) is 1.11. The third kappa shape index (κ3) is 2.83. The van der Waals surface area contributed by atoms with Crippen molar-refractivity contribution in [2.24, 2.45) is 0 Å². The Morgan fingerprint density at radius 3 is 2.68 bits per heavy atom. The number of carbonyl (C=O) groups is 2. The predicted octanol–water partition coefficient (Wildman–Crippen LogP) is 1.34. The highest BCUT2D eigenvalue weighted by Gasteiger charge is 2.31. The molecule has 1 atom stereocenters. The van der Waals surface area contributed by atoms with Crippen molar-refractivity contribution in [3.8, 4) is 6.07 Å². The van der Waals surface area contributed by atoms with Gasteiger partial charge in [0.25, 0.3) is 0 Å². The summed E-state index contributed by atoms with van der Waals surface area (Å²) < 4.78 is 4.79. The van der Waals surface area contributed by atoms with Crippen molar-refractivity contribution in [2.75, 3.05) is 18.5 Å². The van der Waals surface area contributed by atoms with Gasteiger partial charge in [-0.2, -0.15) is 5.26 Å². The third-order valence-corrected chi connectivity index (χ3v) is 2.92. The maximum atomic E-state index is 12.0. The second kappa shape index (κ2) is 5.40. The summed E-state index contributed by atoms with van der Waals surface area (Å²) in [5, 5.41) is 11.4. The van der Waals surface area contributed by atoms with E-state index in [2.05, 4.69) is 5.32 Å². The lowest BCUT2D eigenvalue weighted by Gasteiger charge is -2.20. The Balaban J connectivity index is 2.00. The van der Waals surface area contributed by atoms with Crippen molar-refractivity contribution in [1.29, 1.82) is 5.26 Å². The van der Waals surface area contributed by atoms with Crippen molar-refractivity contribution >= 4 is 17.7 Å². The van der Waals surface area contributed by atoms with Gasteiger partial charge in [0, 0.05) is 5.69 Å². The quantitative estimate of drug-likeness (QED) is 0.887. The first-order valence-corrected chi connectivity index (χ1v) is 5.86. The van der Waals surface area contributed by atoms with E-state index in [-0.39, 0.29) is 5.91 Å². The molecule has 1 heterocycles. The molecule has 1 N–H and O–H groups in total. The number of benzene rings is 1. The molecule has 1 aliphatic heterocycles. The van der Waals surface area contributed by atoms with Gasteiger partial charge in [-0.3, -0.25) is 9.69 Å². The molecule has 1 fully saturated rings. The molecule has 0 bridgehead atoms. The SMILES string of the molecule is CC(C(=O)Nc1ccc(C#N)cc1)N1CCOC1=O. The van der Waals surface area contributed by atoms with E-state index in [4.69, 9.17) is 10.00 Å². The fourth-order valence-corrected chi connectivity index (χ4v) is 1.77. The number of hydrogen-bond acceptors (Lipinski definition) is 4. The highest BCUT2D eigenvalue weighted by molar-refractivity contribution is 5.96. The molecule has 1 aromatic carbocycles. The van der Waals surface area contributed by atoms with E-state index in [9.17, 15) is 9.59 Å². The number of anilines is 1. The smallest absolute Gasteiger partial charge is 0.410 e. The fourth-order valence-electron chi connectivity index (χ4n) is 1.77. The molecular weight excluding hydrogens is 246 g/mol. The molecule has 0 spiro atoms. The first kappa shape index (κ1) is 12.9. The molecule has 1 unspecified atom stereocenters. The first-order valence-electron chi connectivity index (χ1n) is 5.86. The molecule has 0 radical (unpaired) electrons. The summed E-state index contributed by atoms with van der Waals surface area (Å²) >= 11 is 0. The van der Waals surface area contributed by atoms with Crippen LogP contribution in [0.15, 0.2) is 24.3 Å². The van der Waals surface area contributed by atoms with Crippen LogP contribution in [0.1, 0.15) is 12.5 Å². The number of nitrogens with one attached hydrogen (secondary N) is 1. The minimum absolute atomic E-state index is 0.288. The molecule has 2 amide bonds. The van der Waals surface area contributed by atoms with Crippen LogP contribution in [0.3, 0.4) is 0 Å². The zero-order chi connectivity index (χ0) is 13.8. The van der Waals surface area contributed by atoms with Gasteiger partial charge in [-0.15, -0.1) is 0 Å². The van der Waals surface area contributed by atoms with Crippen molar-refractivity contribution < 1.29 is 14.3 Å². The van der Waals surface area contributed by atoms with Crippen molar-refractivity contribution in [2.45, 2.75) is 13.0 Å². The van der Waals surface area contributed by atoms with Crippen molar-refractivity contribution in [3.63, 3.8) is 0 Å². The maximum Gasteiger partial charge on any atom is 0.410 e. The number of carbonyl (C=O) groups excluding carboxylic acids is 2. The molecule has 0 aliphatic carbocycles. The van der Waals surface area contributed by atoms with Gasteiger partial charge >= 0.3 is 6.09 Å². The summed E-state index contributed by atoms with van der Waals surface area (Å²) in [6.45, 7) is 2.37. The van der Waals surface area contributed by atoms with Crippen LogP contribution in [0, 0.1) is 11.3 Å². The lowest BCUT2D eigenvalue weighted by atomic mass is 10.2. The second-order valence-corrected chi connectivity index (χ2v) is 4.16. The Bertz CT molecular complexity index is 533. The van der Waals surface area contributed by atoms with Crippen molar-refractivity contribution in [3.05, 3.63) is 29.8 Å². The van der Waals surface area contributed by atoms with Gasteiger partial charge in [0.1, 0.15) is 12.6 Å². The van der Waals surface area contributed by atoms with Crippen LogP contribution in [0.25, 0.3) is 0 Å². The summed E-state index contributed by atoms with van der Waals surface area (Å²) in [4.78, 5) is 24.7. The van der Waals surface area contributed by atoms with Gasteiger partial charge < -0.3 is 10.1 Å². The van der Waals surface area contributed by atoms with Gasteiger partial charge in [-0.1, -0.05) is 0 Å². The highest BCUT2D eigenvalue weighted by Crippen LogP contribution is 2.13. The average molecular weight is 259 g/mol. The van der Waals surface area contributed by atoms with Gasteiger partial charge in [0.15, 0.2) is 0 Å². The highest BCUT2D eigenvalue weighted by atomic mass is 16.6. The minimum atomic E-state index is -0.592. The number of hydrogen-bond donors (Lipinski definition) is 1. The first-order chi connectivity index (χ1) is 9.11. The number of amides is 2. The molecule has 6 heteroatoms. The van der Waals surface area contributed by atoms with E-state index >= 15 is 0 Å². The fraction of sp³-hybridized carbons (Fsp3) is 0.308. The molecule has 0 saturated carbocycles. The average Bonchev–Trinajstić information content (AvgIpc) is 2.85. The minimum Gasteiger partial charge on any atom is -0.448 e. The standard InChI is InChI=1S/C13H13N3O3/c1-9(16-6-7-19-13(16)18)12(17)15-11-4-2-10(8-14)3-5-11/h2-5,9H,6-7H2,1H3,(H,15,17). The summed E-state index contributed by atoms with van der Waals surface area (Å²) in [5.74, 6) is -0.288.